The summed E-state index contributed by atoms with van der Waals surface area (Å²) >= 11 is 0. The molecule has 0 spiro atoms. The maximum absolute atomic E-state index is 5.82. The number of benzene rings is 1. The summed E-state index contributed by atoms with van der Waals surface area (Å²) in [6, 6.07) is 11.9. The third-order valence-electron chi connectivity index (χ3n) is 2.83. The number of ether oxygens (including phenoxy) is 1. The number of nitrogens with zero attached hydrogens (tertiary/aromatic N) is 1. The lowest BCUT2D eigenvalue weighted by Crippen LogP contribution is -2.20. The Kier molecular flexibility index (Phi) is 4.75. The second-order valence-corrected chi connectivity index (χ2v) is 4.18. The van der Waals surface area contributed by atoms with Crippen LogP contribution in [0, 0.1) is 0 Å². The van der Waals surface area contributed by atoms with Crippen molar-refractivity contribution in [3.63, 3.8) is 0 Å². The van der Waals surface area contributed by atoms with Gasteiger partial charge in [-0.1, -0.05) is 6.07 Å². The van der Waals surface area contributed by atoms with Gasteiger partial charge in [-0.15, -0.1) is 0 Å². The highest BCUT2D eigenvalue weighted by molar-refractivity contribution is 5.48. The molecule has 0 saturated heterocycles. The maximum Gasteiger partial charge on any atom is 0.119 e. The third kappa shape index (κ3) is 3.69. The Hall–Kier alpha value is -2.07. The zero-order valence-electron chi connectivity index (χ0n) is 11.0. The maximum atomic E-state index is 5.82. The van der Waals surface area contributed by atoms with Crippen molar-refractivity contribution in [2.24, 2.45) is 5.73 Å². The Morgan fingerprint density at radius 1 is 1.26 bits per heavy atom. The van der Waals surface area contributed by atoms with Crippen LogP contribution < -0.4 is 15.8 Å². The number of hydrogen-bond donors (Lipinski definition) is 2. The van der Waals surface area contributed by atoms with Crippen molar-refractivity contribution in [3.8, 4) is 5.75 Å². The van der Waals surface area contributed by atoms with E-state index < -0.39 is 0 Å². The zero-order chi connectivity index (χ0) is 13.5. The minimum absolute atomic E-state index is 0.0617. The molecule has 0 bridgehead atoms. The van der Waals surface area contributed by atoms with Crippen LogP contribution in [0.15, 0.2) is 48.8 Å². The van der Waals surface area contributed by atoms with Gasteiger partial charge in [-0.3, -0.25) is 4.98 Å². The van der Waals surface area contributed by atoms with Crippen LogP contribution in [-0.2, 0) is 0 Å². The molecule has 1 heterocycles. The van der Waals surface area contributed by atoms with Gasteiger partial charge in [0.2, 0.25) is 0 Å². The van der Waals surface area contributed by atoms with E-state index in [1.54, 1.807) is 6.20 Å². The van der Waals surface area contributed by atoms with Crippen LogP contribution in [-0.4, -0.2) is 18.1 Å². The van der Waals surface area contributed by atoms with Crippen LogP contribution in [0.2, 0.25) is 0 Å². The van der Waals surface area contributed by atoms with Gasteiger partial charge in [-0.2, -0.15) is 0 Å². The minimum atomic E-state index is 0.0617. The van der Waals surface area contributed by atoms with Crippen molar-refractivity contribution >= 4 is 5.69 Å². The molecule has 0 fully saturated rings. The summed E-state index contributed by atoms with van der Waals surface area (Å²) in [6.45, 7) is 3.16. The second-order valence-electron chi connectivity index (χ2n) is 4.18. The van der Waals surface area contributed by atoms with Gasteiger partial charge in [0.05, 0.1) is 12.6 Å². The highest BCUT2D eigenvalue weighted by Gasteiger charge is 2.09. The molecule has 1 aromatic carbocycles. The summed E-state index contributed by atoms with van der Waals surface area (Å²) in [5, 5.41) is 3.39. The third-order valence-corrected chi connectivity index (χ3v) is 2.83. The molecular weight excluding hydrogens is 238 g/mol. The molecule has 1 unspecified atom stereocenters. The summed E-state index contributed by atoms with van der Waals surface area (Å²) in [5.41, 5.74) is 7.91. The van der Waals surface area contributed by atoms with E-state index in [1.807, 2.05) is 49.5 Å². The Morgan fingerprint density at radius 2 is 2.05 bits per heavy atom. The average Bonchev–Trinajstić information content (AvgIpc) is 2.48. The van der Waals surface area contributed by atoms with Crippen LogP contribution in [0.5, 0.6) is 5.75 Å². The van der Waals surface area contributed by atoms with E-state index >= 15 is 0 Å². The van der Waals surface area contributed by atoms with Gasteiger partial charge in [0.15, 0.2) is 0 Å². The van der Waals surface area contributed by atoms with Gasteiger partial charge in [0, 0.05) is 24.6 Å². The first-order valence-corrected chi connectivity index (χ1v) is 6.43. The summed E-state index contributed by atoms with van der Waals surface area (Å²) < 4.78 is 5.41. The molecule has 100 valence electrons. The molecule has 4 heteroatoms. The number of anilines is 1. The SMILES string of the molecule is CCOc1ccc(NC(CN)c2cccnc2)cc1. The normalized spacial score (nSPS) is 11.9. The fourth-order valence-corrected chi connectivity index (χ4v) is 1.88. The van der Waals surface area contributed by atoms with E-state index in [-0.39, 0.29) is 6.04 Å². The van der Waals surface area contributed by atoms with E-state index in [4.69, 9.17) is 10.5 Å². The molecule has 0 aliphatic rings. The van der Waals surface area contributed by atoms with E-state index in [0.29, 0.717) is 13.2 Å². The first-order valence-electron chi connectivity index (χ1n) is 6.43. The highest BCUT2D eigenvalue weighted by Crippen LogP contribution is 2.20. The Labute approximate surface area is 113 Å². The van der Waals surface area contributed by atoms with Crippen LogP contribution >= 0.6 is 0 Å². The predicted octanol–water partition coefficient (Wildman–Crippen LogP) is 2.59. The Balaban J connectivity index is 2.06. The van der Waals surface area contributed by atoms with E-state index in [9.17, 15) is 0 Å². The van der Waals surface area contributed by atoms with Gasteiger partial charge >= 0.3 is 0 Å². The van der Waals surface area contributed by atoms with Gasteiger partial charge in [0.25, 0.3) is 0 Å². The fourth-order valence-electron chi connectivity index (χ4n) is 1.88. The molecule has 2 rings (SSSR count). The number of hydrogen-bond acceptors (Lipinski definition) is 4. The van der Waals surface area contributed by atoms with Crippen molar-refractivity contribution in [1.29, 1.82) is 0 Å². The smallest absolute Gasteiger partial charge is 0.119 e. The first-order chi connectivity index (χ1) is 9.33. The van der Waals surface area contributed by atoms with Crippen molar-refractivity contribution in [1.82, 2.24) is 4.98 Å². The molecule has 19 heavy (non-hydrogen) atoms. The summed E-state index contributed by atoms with van der Waals surface area (Å²) in [4.78, 5) is 4.12. The van der Waals surface area contributed by atoms with Crippen LogP contribution in [0.25, 0.3) is 0 Å². The monoisotopic (exact) mass is 257 g/mol. The van der Waals surface area contributed by atoms with Gasteiger partial charge in [0.1, 0.15) is 5.75 Å². The van der Waals surface area contributed by atoms with Gasteiger partial charge < -0.3 is 15.8 Å². The fraction of sp³-hybridized carbons (Fsp3) is 0.267. The molecule has 1 atom stereocenters. The number of aromatic nitrogens is 1. The summed E-state index contributed by atoms with van der Waals surface area (Å²) in [5.74, 6) is 0.874. The molecule has 1 aromatic heterocycles. The zero-order valence-corrected chi connectivity index (χ0v) is 11.0. The van der Waals surface area contributed by atoms with Gasteiger partial charge in [-0.05, 0) is 42.8 Å². The molecule has 3 N–H and O–H groups in total. The quantitative estimate of drug-likeness (QED) is 0.835. The predicted molar refractivity (Wildman–Crippen MR) is 77.3 cm³/mol. The molecule has 0 radical (unpaired) electrons. The lowest BCUT2D eigenvalue weighted by molar-refractivity contribution is 0.340. The molecule has 0 saturated carbocycles. The number of rotatable bonds is 6. The molecule has 4 nitrogen and oxygen atoms in total. The van der Waals surface area contributed by atoms with Crippen molar-refractivity contribution in [3.05, 3.63) is 54.4 Å². The molecular formula is C15H19N3O. The summed E-state index contributed by atoms with van der Waals surface area (Å²) in [6.07, 6.45) is 3.59. The van der Waals surface area contributed by atoms with E-state index in [1.165, 1.54) is 0 Å². The highest BCUT2D eigenvalue weighted by atomic mass is 16.5. The molecule has 0 amide bonds. The minimum Gasteiger partial charge on any atom is -0.494 e. The molecule has 0 aliphatic carbocycles. The van der Waals surface area contributed by atoms with E-state index in [0.717, 1.165) is 17.0 Å². The number of nitrogens with two attached hydrogens (primary N) is 1. The average molecular weight is 257 g/mol. The van der Waals surface area contributed by atoms with Crippen molar-refractivity contribution in [2.75, 3.05) is 18.5 Å². The Bertz CT molecular complexity index is 485. The number of nitrogens with one attached hydrogen (secondary N) is 1. The lowest BCUT2D eigenvalue weighted by Gasteiger charge is -2.18. The van der Waals surface area contributed by atoms with Crippen LogP contribution in [0.3, 0.4) is 0 Å². The summed E-state index contributed by atoms with van der Waals surface area (Å²) in [7, 11) is 0. The topological polar surface area (TPSA) is 60.2 Å². The molecule has 2 aromatic rings. The van der Waals surface area contributed by atoms with Crippen LogP contribution in [0.1, 0.15) is 18.5 Å². The van der Waals surface area contributed by atoms with E-state index in [2.05, 4.69) is 10.3 Å². The van der Waals surface area contributed by atoms with Crippen LogP contribution in [0.4, 0.5) is 5.69 Å². The second kappa shape index (κ2) is 6.75. The first kappa shape index (κ1) is 13.4. The van der Waals surface area contributed by atoms with Crippen molar-refractivity contribution in [2.45, 2.75) is 13.0 Å². The Morgan fingerprint density at radius 3 is 2.63 bits per heavy atom. The molecule has 0 aliphatic heterocycles. The largest absolute Gasteiger partial charge is 0.494 e. The lowest BCUT2D eigenvalue weighted by atomic mass is 10.1. The number of pyridine rings is 1. The van der Waals surface area contributed by atoms with Crippen molar-refractivity contribution < 1.29 is 4.74 Å². The van der Waals surface area contributed by atoms with Gasteiger partial charge in [-0.25, -0.2) is 0 Å². The standard InChI is InChI=1S/C15H19N3O/c1-2-19-14-7-5-13(6-8-14)18-15(10-16)12-4-3-9-17-11-12/h3-9,11,15,18H,2,10,16H2,1H3.